The molecule has 0 bridgehead atoms. The van der Waals surface area contributed by atoms with E-state index in [1.807, 2.05) is 31.2 Å². The highest BCUT2D eigenvalue weighted by Crippen LogP contribution is 2.25. The van der Waals surface area contributed by atoms with Crippen molar-refractivity contribution >= 4 is 27.7 Å². The number of carbonyl (C=O) groups excluding carboxylic acids is 2. The predicted molar refractivity (Wildman–Crippen MR) is 110 cm³/mol. The summed E-state index contributed by atoms with van der Waals surface area (Å²) in [5.74, 6) is 0.176. The van der Waals surface area contributed by atoms with Gasteiger partial charge in [-0.1, -0.05) is 38.1 Å². The fourth-order valence-electron chi connectivity index (χ4n) is 2.67. The Bertz CT molecular complexity index is 804. The molecule has 144 valence electrons. The van der Waals surface area contributed by atoms with Crippen LogP contribution in [0.25, 0.3) is 0 Å². The summed E-state index contributed by atoms with van der Waals surface area (Å²) in [5.41, 5.74) is 7.51. The molecular formula is C21H25BrN2O3. The average Bonchev–Trinajstić information content (AvgIpc) is 2.65. The summed E-state index contributed by atoms with van der Waals surface area (Å²) in [6.45, 7) is 6.16. The van der Waals surface area contributed by atoms with Crippen LogP contribution in [-0.2, 0) is 11.2 Å². The van der Waals surface area contributed by atoms with Crippen LogP contribution in [0, 0.1) is 5.92 Å². The Morgan fingerprint density at radius 1 is 1.04 bits per heavy atom. The van der Waals surface area contributed by atoms with Gasteiger partial charge in [0.15, 0.2) is 0 Å². The van der Waals surface area contributed by atoms with Crippen molar-refractivity contribution in [2.24, 2.45) is 5.92 Å². The molecule has 0 fully saturated rings. The van der Waals surface area contributed by atoms with Gasteiger partial charge in [-0.3, -0.25) is 20.4 Å². The maximum absolute atomic E-state index is 12.4. The van der Waals surface area contributed by atoms with Crippen molar-refractivity contribution in [1.82, 2.24) is 10.9 Å². The van der Waals surface area contributed by atoms with Crippen LogP contribution in [0.15, 0.2) is 46.9 Å². The van der Waals surface area contributed by atoms with Gasteiger partial charge in [0, 0.05) is 5.56 Å². The molecule has 2 rings (SSSR count). The van der Waals surface area contributed by atoms with Crippen molar-refractivity contribution in [3.05, 3.63) is 63.6 Å². The predicted octanol–water partition coefficient (Wildman–Crippen LogP) is 4.22. The summed E-state index contributed by atoms with van der Waals surface area (Å²) >= 11 is 3.34. The highest BCUT2D eigenvalue weighted by Gasteiger charge is 2.17. The highest BCUT2D eigenvalue weighted by atomic mass is 79.9. The second-order valence-electron chi connectivity index (χ2n) is 6.85. The van der Waals surface area contributed by atoms with E-state index in [1.54, 1.807) is 25.3 Å². The lowest BCUT2D eigenvalue weighted by Crippen LogP contribution is -2.43. The molecule has 2 amide bonds. The number of hydrazine groups is 1. The Balaban J connectivity index is 1.94. The maximum atomic E-state index is 12.4. The SMILES string of the molecule is COc1ccc(C(=O)NNC(=O)C(C)c2ccc(CC(C)C)cc2)cc1Br. The molecule has 6 heteroatoms. The molecule has 0 heterocycles. The van der Waals surface area contributed by atoms with E-state index in [2.05, 4.69) is 40.6 Å². The van der Waals surface area contributed by atoms with Crippen molar-refractivity contribution < 1.29 is 14.3 Å². The van der Waals surface area contributed by atoms with Crippen molar-refractivity contribution in [3.63, 3.8) is 0 Å². The third-order valence-electron chi connectivity index (χ3n) is 4.23. The number of rotatable bonds is 6. The van der Waals surface area contributed by atoms with Gasteiger partial charge < -0.3 is 4.74 Å². The minimum absolute atomic E-state index is 0.271. The molecule has 0 aliphatic rings. The lowest BCUT2D eigenvalue weighted by molar-refractivity contribution is -0.123. The first-order valence-electron chi connectivity index (χ1n) is 8.84. The number of benzene rings is 2. The molecule has 2 aromatic rings. The van der Waals surface area contributed by atoms with E-state index in [9.17, 15) is 9.59 Å². The van der Waals surface area contributed by atoms with Crippen molar-refractivity contribution in [2.45, 2.75) is 33.1 Å². The van der Waals surface area contributed by atoms with Gasteiger partial charge in [0.25, 0.3) is 5.91 Å². The highest BCUT2D eigenvalue weighted by molar-refractivity contribution is 9.10. The normalized spacial score (nSPS) is 11.8. The zero-order valence-electron chi connectivity index (χ0n) is 16.0. The maximum Gasteiger partial charge on any atom is 0.269 e. The van der Waals surface area contributed by atoms with Gasteiger partial charge in [0.2, 0.25) is 5.91 Å². The monoisotopic (exact) mass is 432 g/mol. The summed E-state index contributed by atoms with van der Waals surface area (Å²) in [6.07, 6.45) is 1.01. The summed E-state index contributed by atoms with van der Waals surface area (Å²) in [6, 6.07) is 13.0. The zero-order valence-corrected chi connectivity index (χ0v) is 17.6. The van der Waals surface area contributed by atoms with Gasteiger partial charge in [-0.2, -0.15) is 0 Å². The molecule has 0 aliphatic heterocycles. The number of ether oxygens (including phenoxy) is 1. The Labute approximate surface area is 168 Å². The van der Waals surface area contributed by atoms with Gasteiger partial charge in [-0.05, 0) is 64.5 Å². The number of hydrogen-bond acceptors (Lipinski definition) is 3. The molecule has 0 aliphatic carbocycles. The molecule has 0 aromatic heterocycles. The molecule has 0 spiro atoms. The van der Waals surface area contributed by atoms with E-state index in [-0.39, 0.29) is 11.8 Å². The number of carbonyl (C=O) groups is 2. The molecule has 0 radical (unpaired) electrons. The average molecular weight is 433 g/mol. The number of amides is 2. The van der Waals surface area contributed by atoms with E-state index in [1.165, 1.54) is 5.56 Å². The van der Waals surface area contributed by atoms with Gasteiger partial charge in [0.05, 0.1) is 17.5 Å². The molecule has 5 nitrogen and oxygen atoms in total. The van der Waals surface area contributed by atoms with Crippen molar-refractivity contribution in [1.29, 1.82) is 0 Å². The summed E-state index contributed by atoms with van der Waals surface area (Å²) in [7, 11) is 1.55. The quantitative estimate of drug-likeness (QED) is 0.671. The summed E-state index contributed by atoms with van der Waals surface area (Å²) in [5, 5.41) is 0. The molecule has 1 atom stereocenters. The zero-order chi connectivity index (χ0) is 20.0. The molecular weight excluding hydrogens is 408 g/mol. The minimum Gasteiger partial charge on any atom is -0.496 e. The molecule has 0 saturated carbocycles. The van der Waals surface area contributed by atoms with Crippen LogP contribution in [0.2, 0.25) is 0 Å². The van der Waals surface area contributed by atoms with E-state index in [0.717, 1.165) is 12.0 Å². The van der Waals surface area contributed by atoms with Crippen LogP contribution >= 0.6 is 15.9 Å². The second-order valence-corrected chi connectivity index (χ2v) is 7.71. The number of hydrogen-bond donors (Lipinski definition) is 2. The Kier molecular flexibility index (Phi) is 7.42. The minimum atomic E-state index is -0.397. The smallest absolute Gasteiger partial charge is 0.269 e. The van der Waals surface area contributed by atoms with Crippen LogP contribution in [0.1, 0.15) is 48.2 Å². The standard InChI is InChI=1S/C21H25BrN2O3/c1-13(2)11-15-5-7-16(8-6-15)14(3)20(25)23-24-21(26)17-9-10-19(27-4)18(22)12-17/h5-10,12-14H,11H2,1-4H3,(H,23,25)(H,24,26). The fourth-order valence-corrected chi connectivity index (χ4v) is 3.21. The third kappa shape index (κ3) is 5.82. The number of halogens is 1. The van der Waals surface area contributed by atoms with E-state index >= 15 is 0 Å². The third-order valence-corrected chi connectivity index (χ3v) is 4.85. The Morgan fingerprint density at radius 3 is 2.26 bits per heavy atom. The first kappa shape index (κ1) is 21.0. The van der Waals surface area contributed by atoms with Crippen LogP contribution in [0.3, 0.4) is 0 Å². The summed E-state index contributed by atoms with van der Waals surface area (Å²) in [4.78, 5) is 24.6. The van der Waals surface area contributed by atoms with Gasteiger partial charge in [-0.25, -0.2) is 0 Å². The van der Waals surface area contributed by atoms with E-state index in [0.29, 0.717) is 21.7 Å². The van der Waals surface area contributed by atoms with E-state index in [4.69, 9.17) is 4.74 Å². The number of methoxy groups -OCH3 is 1. The number of nitrogens with one attached hydrogen (secondary N) is 2. The lowest BCUT2D eigenvalue weighted by Gasteiger charge is -2.14. The molecule has 27 heavy (non-hydrogen) atoms. The van der Waals surface area contributed by atoms with Crippen LogP contribution < -0.4 is 15.6 Å². The van der Waals surface area contributed by atoms with Crippen LogP contribution in [-0.4, -0.2) is 18.9 Å². The summed E-state index contributed by atoms with van der Waals surface area (Å²) < 4.78 is 5.81. The van der Waals surface area contributed by atoms with Gasteiger partial charge >= 0.3 is 0 Å². The second kappa shape index (κ2) is 9.55. The van der Waals surface area contributed by atoms with Crippen LogP contribution in [0.4, 0.5) is 0 Å². The molecule has 2 N–H and O–H groups in total. The Morgan fingerprint density at radius 2 is 1.70 bits per heavy atom. The van der Waals surface area contributed by atoms with Gasteiger partial charge in [0.1, 0.15) is 5.75 Å². The first-order valence-corrected chi connectivity index (χ1v) is 9.63. The van der Waals surface area contributed by atoms with Gasteiger partial charge in [-0.15, -0.1) is 0 Å². The van der Waals surface area contributed by atoms with Crippen LogP contribution in [0.5, 0.6) is 5.75 Å². The first-order chi connectivity index (χ1) is 12.8. The topological polar surface area (TPSA) is 67.4 Å². The fraction of sp³-hybridized carbons (Fsp3) is 0.333. The lowest BCUT2D eigenvalue weighted by atomic mass is 9.96. The molecule has 0 saturated heterocycles. The van der Waals surface area contributed by atoms with E-state index < -0.39 is 5.91 Å². The molecule has 2 aromatic carbocycles. The largest absolute Gasteiger partial charge is 0.496 e. The van der Waals surface area contributed by atoms with Crippen molar-refractivity contribution in [3.8, 4) is 5.75 Å². The Hall–Kier alpha value is -2.34. The van der Waals surface area contributed by atoms with Crippen molar-refractivity contribution in [2.75, 3.05) is 7.11 Å². The molecule has 1 unspecified atom stereocenters.